The quantitative estimate of drug-likeness (QED) is 0.637. The van der Waals surface area contributed by atoms with Gasteiger partial charge >= 0.3 is 0 Å². The summed E-state index contributed by atoms with van der Waals surface area (Å²) in [5.41, 5.74) is 2.42. The van der Waals surface area contributed by atoms with Gasteiger partial charge in [0.25, 0.3) is 0 Å². The number of carbonyl (C=O) groups excluding carboxylic acids is 1. The van der Waals surface area contributed by atoms with E-state index in [1.807, 2.05) is 5.38 Å². The molecule has 2 rings (SSSR count). The van der Waals surface area contributed by atoms with E-state index in [4.69, 9.17) is 5.21 Å². The minimum absolute atomic E-state index is 0.187. The molecule has 0 radical (unpaired) electrons. The molecular weight excluding hydrogens is 280 g/mol. The van der Waals surface area contributed by atoms with Gasteiger partial charge in [-0.15, -0.1) is 11.3 Å². The normalized spacial score (nSPS) is 19.3. The van der Waals surface area contributed by atoms with Gasteiger partial charge in [-0.05, 0) is 28.4 Å². The van der Waals surface area contributed by atoms with Crippen LogP contribution in [0.5, 0.6) is 0 Å². The highest BCUT2D eigenvalue weighted by molar-refractivity contribution is 9.11. The molecule has 0 unspecified atom stereocenters. The molecule has 1 N–H and O–H groups in total. The van der Waals surface area contributed by atoms with Crippen molar-refractivity contribution in [2.24, 2.45) is 5.16 Å². The molecule has 0 aliphatic heterocycles. The number of allylic oxidation sites excluding steroid dienone is 2. The molecule has 0 fully saturated rings. The third-order valence-electron chi connectivity index (χ3n) is 2.31. The molecule has 15 heavy (non-hydrogen) atoms. The van der Waals surface area contributed by atoms with Crippen LogP contribution in [0.15, 0.2) is 20.0 Å². The van der Waals surface area contributed by atoms with Crippen molar-refractivity contribution in [1.82, 2.24) is 4.98 Å². The largest absolute Gasteiger partial charge is 0.411 e. The summed E-state index contributed by atoms with van der Waals surface area (Å²) >= 11 is 4.73. The minimum Gasteiger partial charge on any atom is -0.411 e. The van der Waals surface area contributed by atoms with Gasteiger partial charge in [0.1, 0.15) is 5.71 Å². The molecule has 1 aliphatic carbocycles. The Morgan fingerprint density at radius 2 is 2.40 bits per heavy atom. The summed E-state index contributed by atoms with van der Waals surface area (Å²) in [4.78, 5) is 15.8. The zero-order valence-corrected chi connectivity index (χ0v) is 10.2. The van der Waals surface area contributed by atoms with E-state index >= 15 is 0 Å². The second-order valence-electron chi connectivity index (χ2n) is 3.14. The molecule has 1 aromatic rings. The van der Waals surface area contributed by atoms with E-state index in [1.165, 1.54) is 11.3 Å². The fraction of sp³-hybridized carbons (Fsp3) is 0.222. The molecule has 1 aliphatic rings. The van der Waals surface area contributed by atoms with Crippen LogP contribution < -0.4 is 0 Å². The smallest absolute Gasteiger partial charge is 0.206 e. The van der Waals surface area contributed by atoms with Crippen molar-refractivity contribution in [2.75, 3.05) is 0 Å². The van der Waals surface area contributed by atoms with Crippen molar-refractivity contribution in [3.63, 3.8) is 0 Å². The van der Waals surface area contributed by atoms with Gasteiger partial charge in [0.15, 0.2) is 3.92 Å². The topological polar surface area (TPSA) is 62.6 Å². The molecule has 1 heterocycles. The van der Waals surface area contributed by atoms with Gasteiger partial charge in [0.2, 0.25) is 5.78 Å². The number of rotatable bonds is 1. The number of halogens is 1. The first-order valence-electron chi connectivity index (χ1n) is 4.20. The maximum Gasteiger partial charge on any atom is 0.206 e. The molecule has 0 atom stereocenters. The van der Waals surface area contributed by atoms with Gasteiger partial charge in [-0.2, -0.15) is 0 Å². The standard InChI is InChI=1S/C9H7BrN2O2S/c1-4-5(2-6(12-14)8(4)13)7-3-15-9(10)11-7/h3,14H,2H2,1H3/b12-6+. The number of aromatic nitrogens is 1. The Bertz CT molecular complexity index is 490. The van der Waals surface area contributed by atoms with Crippen LogP contribution in [-0.4, -0.2) is 21.7 Å². The third-order valence-corrected chi connectivity index (χ3v) is 3.67. The molecule has 1 aromatic heterocycles. The van der Waals surface area contributed by atoms with Crippen LogP contribution in [0.4, 0.5) is 0 Å². The maximum absolute atomic E-state index is 11.5. The van der Waals surface area contributed by atoms with Crippen molar-refractivity contribution in [3.8, 4) is 0 Å². The first kappa shape index (κ1) is 10.5. The van der Waals surface area contributed by atoms with Crippen molar-refractivity contribution < 1.29 is 10.0 Å². The van der Waals surface area contributed by atoms with Crippen LogP contribution in [0.2, 0.25) is 0 Å². The number of hydrogen-bond acceptors (Lipinski definition) is 5. The van der Waals surface area contributed by atoms with Crippen molar-refractivity contribution in [2.45, 2.75) is 13.3 Å². The lowest BCUT2D eigenvalue weighted by molar-refractivity contribution is -0.109. The highest BCUT2D eigenvalue weighted by Crippen LogP contribution is 2.31. The van der Waals surface area contributed by atoms with E-state index in [1.54, 1.807) is 6.92 Å². The zero-order chi connectivity index (χ0) is 11.0. The number of ketones is 1. The van der Waals surface area contributed by atoms with Crippen LogP contribution in [0, 0.1) is 0 Å². The predicted molar refractivity (Wildman–Crippen MR) is 61.3 cm³/mol. The predicted octanol–water partition coefficient (Wildman–Crippen LogP) is 2.48. The zero-order valence-electron chi connectivity index (χ0n) is 7.82. The first-order chi connectivity index (χ1) is 7.13. The first-order valence-corrected chi connectivity index (χ1v) is 5.87. The van der Waals surface area contributed by atoms with Crippen LogP contribution in [0.1, 0.15) is 19.0 Å². The SMILES string of the molecule is CC1=C(c2csc(Br)n2)C/C(=N\O)C1=O. The Labute approximate surface area is 98.5 Å². The van der Waals surface area contributed by atoms with E-state index in [9.17, 15) is 4.79 Å². The van der Waals surface area contributed by atoms with Crippen molar-refractivity contribution in [1.29, 1.82) is 0 Å². The molecule has 6 heteroatoms. The monoisotopic (exact) mass is 286 g/mol. The maximum atomic E-state index is 11.5. The number of carbonyl (C=O) groups is 1. The Kier molecular flexibility index (Phi) is 2.70. The average molecular weight is 287 g/mol. The second kappa shape index (κ2) is 3.86. The van der Waals surface area contributed by atoms with Gasteiger partial charge in [-0.3, -0.25) is 4.79 Å². The summed E-state index contributed by atoms with van der Waals surface area (Å²) in [6.07, 6.45) is 0.358. The lowest BCUT2D eigenvalue weighted by Crippen LogP contribution is -2.07. The number of Topliss-reactive ketones (excluding diaryl/α,β-unsaturated/α-hetero) is 1. The Hall–Kier alpha value is -1.01. The lowest BCUT2D eigenvalue weighted by atomic mass is 10.1. The van der Waals surface area contributed by atoms with Gasteiger partial charge in [-0.25, -0.2) is 4.98 Å². The molecule has 78 valence electrons. The van der Waals surface area contributed by atoms with E-state index < -0.39 is 0 Å². The van der Waals surface area contributed by atoms with Crippen LogP contribution in [-0.2, 0) is 4.79 Å². The van der Waals surface area contributed by atoms with Gasteiger partial charge in [-0.1, -0.05) is 5.16 Å². The molecule has 4 nitrogen and oxygen atoms in total. The molecule has 0 amide bonds. The highest BCUT2D eigenvalue weighted by Gasteiger charge is 2.28. The van der Waals surface area contributed by atoms with E-state index in [2.05, 4.69) is 26.1 Å². The van der Waals surface area contributed by atoms with Crippen LogP contribution in [0.25, 0.3) is 5.57 Å². The summed E-state index contributed by atoms with van der Waals surface area (Å²) < 4.78 is 0.777. The van der Waals surface area contributed by atoms with Gasteiger partial charge in [0, 0.05) is 17.4 Å². The fourth-order valence-electron chi connectivity index (χ4n) is 1.49. The summed E-state index contributed by atoms with van der Waals surface area (Å²) in [6, 6.07) is 0. The summed E-state index contributed by atoms with van der Waals surface area (Å²) in [5.74, 6) is -0.198. The van der Waals surface area contributed by atoms with E-state index in [0.29, 0.717) is 12.0 Å². The van der Waals surface area contributed by atoms with Crippen molar-refractivity contribution in [3.05, 3.63) is 20.6 Å². The number of hydrogen-bond donors (Lipinski definition) is 1. The third kappa shape index (κ3) is 1.74. The summed E-state index contributed by atoms with van der Waals surface area (Å²) in [6.45, 7) is 1.73. The molecule has 0 aromatic carbocycles. The Morgan fingerprint density at radius 1 is 1.67 bits per heavy atom. The van der Waals surface area contributed by atoms with Gasteiger partial charge < -0.3 is 5.21 Å². The summed E-state index contributed by atoms with van der Waals surface area (Å²) in [5, 5.41) is 13.5. The average Bonchev–Trinajstić information content (AvgIpc) is 2.74. The van der Waals surface area contributed by atoms with E-state index in [0.717, 1.165) is 15.2 Å². The number of nitrogens with zero attached hydrogens (tertiary/aromatic N) is 2. The molecule has 0 saturated carbocycles. The molecule has 0 saturated heterocycles. The van der Waals surface area contributed by atoms with E-state index in [-0.39, 0.29) is 11.5 Å². The molecule has 0 spiro atoms. The number of thiazole rings is 1. The Balaban J connectivity index is 2.44. The number of oxime groups is 1. The van der Waals surface area contributed by atoms with Gasteiger partial charge in [0.05, 0.1) is 5.69 Å². The second-order valence-corrected chi connectivity index (χ2v) is 5.28. The minimum atomic E-state index is -0.198. The Morgan fingerprint density at radius 3 is 2.87 bits per heavy atom. The fourth-order valence-corrected chi connectivity index (χ4v) is 2.51. The van der Waals surface area contributed by atoms with Crippen LogP contribution >= 0.6 is 27.3 Å². The molecular formula is C9H7BrN2O2S. The lowest BCUT2D eigenvalue weighted by Gasteiger charge is -1.95. The molecule has 0 bridgehead atoms. The summed E-state index contributed by atoms with van der Waals surface area (Å²) in [7, 11) is 0. The van der Waals surface area contributed by atoms with Crippen LogP contribution in [0.3, 0.4) is 0 Å². The highest BCUT2D eigenvalue weighted by atomic mass is 79.9. The van der Waals surface area contributed by atoms with Crippen molar-refractivity contribution >= 4 is 44.3 Å².